The van der Waals surface area contributed by atoms with Crippen molar-refractivity contribution >= 4 is 0 Å². The van der Waals surface area contributed by atoms with Gasteiger partial charge in [-0.1, -0.05) is 0 Å². The van der Waals surface area contributed by atoms with Crippen molar-refractivity contribution in [3.05, 3.63) is 18.7 Å². The first-order valence-corrected chi connectivity index (χ1v) is 1.80. The van der Waals surface area contributed by atoms with E-state index in [0.717, 1.165) is 0 Å². The highest BCUT2D eigenvalue weighted by molar-refractivity contribution is 4.54. The van der Waals surface area contributed by atoms with E-state index in [1.54, 1.807) is 17.0 Å². The number of rotatable bonds is 0. The third-order valence-electron chi connectivity index (χ3n) is 0.622. The standard InChI is InChI=1S/C4H6N2/c1-6-3-2-5-4-6/h2-4H,1H3/p+1/i4D. The van der Waals surface area contributed by atoms with Crippen LogP contribution in [0.2, 0.25) is 0 Å². The highest BCUT2D eigenvalue weighted by Crippen LogP contribution is 1.59. The van der Waals surface area contributed by atoms with Gasteiger partial charge in [-0.15, -0.1) is 0 Å². The Morgan fingerprint density at radius 3 is 3.00 bits per heavy atom. The van der Waals surface area contributed by atoms with Gasteiger partial charge in [0.25, 0.3) is 0 Å². The molecule has 0 aromatic carbocycles. The summed E-state index contributed by atoms with van der Waals surface area (Å²) in [7, 11) is 1.82. The number of aromatic amines is 1. The molecule has 1 heterocycles. The van der Waals surface area contributed by atoms with E-state index in [1.165, 1.54) is 0 Å². The highest BCUT2D eigenvalue weighted by Gasteiger charge is 1.78. The molecule has 0 radical (unpaired) electrons. The van der Waals surface area contributed by atoms with Crippen LogP contribution in [0.15, 0.2) is 18.7 Å². The largest absolute Gasteiger partial charge is 0.250 e. The summed E-state index contributed by atoms with van der Waals surface area (Å²) >= 11 is 0. The van der Waals surface area contributed by atoms with Crippen molar-refractivity contribution in [3.63, 3.8) is 0 Å². The minimum atomic E-state index is 0.431. The average molecular weight is 84.1 g/mol. The van der Waals surface area contributed by atoms with Gasteiger partial charge in [0.05, 0.1) is 7.05 Å². The lowest BCUT2D eigenvalue weighted by Gasteiger charge is -1.66. The van der Waals surface area contributed by atoms with Crippen LogP contribution in [-0.4, -0.2) is 4.98 Å². The lowest BCUT2D eigenvalue weighted by molar-refractivity contribution is -0.670. The Bertz CT molecular complexity index is 142. The van der Waals surface area contributed by atoms with Crippen LogP contribution in [0.4, 0.5) is 0 Å². The molecule has 1 aromatic heterocycles. The Kier molecular flexibility index (Phi) is 0.449. The van der Waals surface area contributed by atoms with E-state index in [2.05, 4.69) is 4.98 Å². The fraction of sp³-hybridized carbons (Fsp3) is 0.250. The summed E-state index contributed by atoms with van der Waals surface area (Å²) in [6.45, 7) is 0. The molecule has 0 fully saturated rings. The highest BCUT2D eigenvalue weighted by atomic mass is 15.0. The van der Waals surface area contributed by atoms with Crippen LogP contribution in [0.5, 0.6) is 0 Å². The summed E-state index contributed by atoms with van der Waals surface area (Å²) in [5.41, 5.74) is 0. The third kappa shape index (κ3) is 0.407. The van der Waals surface area contributed by atoms with Crippen molar-refractivity contribution in [2.75, 3.05) is 0 Å². The van der Waals surface area contributed by atoms with Crippen molar-refractivity contribution in [2.24, 2.45) is 7.05 Å². The van der Waals surface area contributed by atoms with Crippen LogP contribution >= 0.6 is 0 Å². The molecule has 32 valence electrons. The molecule has 0 aliphatic carbocycles. The van der Waals surface area contributed by atoms with E-state index in [0.29, 0.717) is 6.30 Å². The van der Waals surface area contributed by atoms with Gasteiger partial charge < -0.3 is 0 Å². The predicted molar refractivity (Wildman–Crippen MR) is 22.0 cm³/mol. The summed E-state index contributed by atoms with van der Waals surface area (Å²) < 4.78 is 8.70. The van der Waals surface area contributed by atoms with E-state index in [1.807, 2.05) is 7.05 Å². The number of imidazole rings is 1. The molecule has 0 aliphatic heterocycles. The molecule has 2 heteroatoms. The molecule has 0 spiro atoms. The van der Waals surface area contributed by atoms with Crippen LogP contribution < -0.4 is 4.57 Å². The number of hydrogen-bond acceptors (Lipinski definition) is 0. The summed E-state index contributed by atoms with van der Waals surface area (Å²) in [4.78, 5) is 2.70. The molecule has 0 unspecified atom stereocenters. The minimum Gasteiger partial charge on any atom is -0.250 e. The lowest BCUT2D eigenvalue weighted by Crippen LogP contribution is -2.22. The van der Waals surface area contributed by atoms with Gasteiger partial charge >= 0.3 is 0 Å². The quantitative estimate of drug-likeness (QED) is 0.421. The van der Waals surface area contributed by atoms with Crippen LogP contribution in [0.1, 0.15) is 1.37 Å². The number of hydrogen-bond donors (Lipinski definition) is 1. The van der Waals surface area contributed by atoms with E-state index >= 15 is 0 Å². The number of nitrogens with one attached hydrogen (secondary N) is 1. The Morgan fingerprint density at radius 2 is 2.83 bits per heavy atom. The molecule has 0 saturated carbocycles. The predicted octanol–water partition coefficient (Wildman–Crippen LogP) is -0.161. The first-order valence-electron chi connectivity index (χ1n) is 2.30. The van der Waals surface area contributed by atoms with Gasteiger partial charge in [0.1, 0.15) is 12.4 Å². The Hall–Kier alpha value is -0.790. The number of aryl methyl sites for hydroxylation is 1. The zero-order valence-electron chi connectivity index (χ0n) is 4.60. The van der Waals surface area contributed by atoms with Gasteiger partial charge in [-0.2, -0.15) is 0 Å². The normalized spacial score (nSPS) is 11.2. The summed E-state index contributed by atoms with van der Waals surface area (Å²) in [5.74, 6) is 0. The topological polar surface area (TPSA) is 19.7 Å². The Balaban J connectivity index is 3.12. The Labute approximate surface area is 37.8 Å². The molecule has 1 aromatic rings. The van der Waals surface area contributed by atoms with Crippen molar-refractivity contribution < 1.29 is 5.94 Å². The van der Waals surface area contributed by atoms with E-state index in [-0.39, 0.29) is 0 Å². The van der Waals surface area contributed by atoms with Crippen molar-refractivity contribution in [1.29, 1.82) is 0 Å². The molecule has 2 nitrogen and oxygen atoms in total. The van der Waals surface area contributed by atoms with E-state index in [9.17, 15) is 0 Å². The second-order valence-electron chi connectivity index (χ2n) is 1.18. The average Bonchev–Trinajstić information content (AvgIpc) is 1.91. The summed E-state index contributed by atoms with van der Waals surface area (Å²) in [6, 6.07) is 0. The summed E-state index contributed by atoms with van der Waals surface area (Å²) in [5, 5.41) is 0. The summed E-state index contributed by atoms with van der Waals surface area (Å²) in [6.07, 6.45) is 3.95. The second-order valence-corrected chi connectivity index (χ2v) is 1.18. The van der Waals surface area contributed by atoms with Gasteiger partial charge in [-0.25, -0.2) is 4.57 Å². The Morgan fingerprint density at radius 1 is 2.00 bits per heavy atom. The van der Waals surface area contributed by atoms with Crippen LogP contribution in [-0.2, 0) is 7.05 Å². The fourth-order valence-electron chi connectivity index (χ4n) is 0.325. The number of H-pyrrole nitrogens is 1. The number of aromatic nitrogens is 2. The molecule has 0 atom stereocenters. The maximum atomic E-state index is 7.01. The first-order chi connectivity index (χ1) is 3.30. The van der Waals surface area contributed by atoms with Crippen molar-refractivity contribution in [1.82, 2.24) is 4.98 Å². The first kappa shape index (κ1) is 2.39. The van der Waals surface area contributed by atoms with Gasteiger partial charge in [-0.05, 0) is 0 Å². The van der Waals surface area contributed by atoms with Gasteiger partial charge in [0, 0.05) is 0 Å². The fourth-order valence-corrected chi connectivity index (χ4v) is 0.325. The van der Waals surface area contributed by atoms with E-state index in [4.69, 9.17) is 1.37 Å². The molecular formula is C4H7N2+. The molecule has 0 amide bonds. The van der Waals surface area contributed by atoms with Crippen molar-refractivity contribution in [3.8, 4) is 0 Å². The maximum Gasteiger partial charge on any atom is 0.241 e. The monoisotopic (exact) mass is 84.1 g/mol. The van der Waals surface area contributed by atoms with Gasteiger partial charge in [0.15, 0.2) is 1.37 Å². The number of nitrogens with zero attached hydrogens (tertiary/aromatic N) is 1. The van der Waals surface area contributed by atoms with Gasteiger partial charge in [0.2, 0.25) is 6.30 Å². The zero-order chi connectivity index (χ0) is 5.28. The SMILES string of the molecule is [2H]c1[nH]cc[n+]1C. The molecule has 0 saturated heterocycles. The maximum absolute atomic E-state index is 7.01. The molecule has 0 aliphatic rings. The lowest BCUT2D eigenvalue weighted by atomic mass is 10.9. The second kappa shape index (κ2) is 1.12. The third-order valence-corrected chi connectivity index (χ3v) is 0.622. The van der Waals surface area contributed by atoms with Crippen molar-refractivity contribution in [2.45, 2.75) is 0 Å². The van der Waals surface area contributed by atoms with Crippen LogP contribution in [0.25, 0.3) is 0 Å². The smallest absolute Gasteiger partial charge is 0.241 e. The zero-order valence-corrected chi connectivity index (χ0v) is 3.60. The van der Waals surface area contributed by atoms with Crippen LogP contribution in [0, 0.1) is 0 Å². The van der Waals surface area contributed by atoms with Gasteiger partial charge in [-0.3, -0.25) is 4.98 Å². The molecule has 1 rings (SSSR count). The van der Waals surface area contributed by atoms with Crippen LogP contribution in [0.3, 0.4) is 0 Å². The molecule has 0 bridgehead atoms. The molecule has 1 N–H and O–H groups in total. The van der Waals surface area contributed by atoms with E-state index < -0.39 is 0 Å². The minimum absolute atomic E-state index is 0.431. The molecular weight excluding hydrogens is 76.1 g/mol. The molecule has 6 heavy (non-hydrogen) atoms.